The fourth-order valence-corrected chi connectivity index (χ4v) is 7.73. The van der Waals surface area contributed by atoms with Crippen LogP contribution in [0.5, 0.6) is 0 Å². The third-order valence-electron chi connectivity index (χ3n) is 10.9. The highest BCUT2D eigenvalue weighted by molar-refractivity contribution is 7.45. The number of hydrogen-bond donors (Lipinski definition) is 0. The predicted octanol–water partition coefficient (Wildman–Crippen LogP) is 14.1. The number of carbonyl (C=O) groups excluding carboxylic acids is 2. The van der Waals surface area contributed by atoms with E-state index in [1.54, 1.807) is 0 Å². The highest BCUT2D eigenvalue weighted by Gasteiger charge is 2.21. The van der Waals surface area contributed by atoms with Gasteiger partial charge in [0.2, 0.25) is 0 Å². The Morgan fingerprint density at radius 2 is 0.850 bits per heavy atom. The van der Waals surface area contributed by atoms with Crippen LogP contribution in [0, 0.1) is 0 Å². The van der Waals surface area contributed by atoms with Crippen molar-refractivity contribution in [1.29, 1.82) is 0 Å². The topological polar surface area (TPSA) is 111 Å². The van der Waals surface area contributed by atoms with E-state index in [1.807, 2.05) is 21.1 Å². The first-order chi connectivity index (χ1) is 29.0. The van der Waals surface area contributed by atoms with Crippen molar-refractivity contribution >= 4 is 19.8 Å². The summed E-state index contributed by atoms with van der Waals surface area (Å²) in [5, 5.41) is 0. The summed E-state index contributed by atoms with van der Waals surface area (Å²) in [6, 6.07) is 0. The van der Waals surface area contributed by atoms with Crippen LogP contribution < -0.4 is 4.89 Å². The normalized spacial score (nSPS) is 13.6. The lowest BCUT2D eigenvalue weighted by Crippen LogP contribution is -2.37. The number of esters is 2. The SMILES string of the molecule is CCCCCC/C=C/CCCCCCCCCCCC(=O)OC[C@H](COP(=O)([O-])OCC[N+](C)(C)C)OC(=O)CCCCCCCCCCC/C=C/CCCCCCCC. The molecule has 0 bridgehead atoms. The van der Waals surface area contributed by atoms with Gasteiger partial charge in [-0.2, -0.15) is 0 Å². The highest BCUT2D eigenvalue weighted by atomic mass is 31.2. The van der Waals surface area contributed by atoms with Crippen molar-refractivity contribution in [2.24, 2.45) is 0 Å². The summed E-state index contributed by atoms with van der Waals surface area (Å²) < 4.78 is 34.0. The van der Waals surface area contributed by atoms with E-state index in [4.69, 9.17) is 18.5 Å². The molecule has 0 aliphatic rings. The van der Waals surface area contributed by atoms with Crippen LogP contribution in [-0.4, -0.2) is 70.0 Å². The maximum atomic E-state index is 12.7. The van der Waals surface area contributed by atoms with E-state index in [0.717, 1.165) is 38.5 Å². The number of phosphoric ester groups is 1. The molecule has 1 unspecified atom stereocenters. The van der Waals surface area contributed by atoms with Crippen molar-refractivity contribution in [2.45, 2.75) is 238 Å². The van der Waals surface area contributed by atoms with Gasteiger partial charge in [-0.15, -0.1) is 0 Å². The van der Waals surface area contributed by atoms with Gasteiger partial charge in [-0.3, -0.25) is 14.2 Å². The van der Waals surface area contributed by atoms with Crippen LogP contribution in [0.3, 0.4) is 0 Å². The summed E-state index contributed by atoms with van der Waals surface area (Å²) in [5.74, 6) is -0.830. The molecule has 0 saturated carbocycles. The molecule has 0 aliphatic heterocycles. The minimum Gasteiger partial charge on any atom is -0.756 e. The number of phosphoric acid groups is 1. The molecule has 0 fully saturated rings. The van der Waals surface area contributed by atoms with Gasteiger partial charge in [0, 0.05) is 12.8 Å². The molecule has 9 nitrogen and oxygen atoms in total. The van der Waals surface area contributed by atoms with Crippen molar-refractivity contribution in [3.8, 4) is 0 Å². The summed E-state index contributed by atoms with van der Waals surface area (Å²) in [7, 11) is 1.17. The lowest BCUT2D eigenvalue weighted by Gasteiger charge is -2.28. The summed E-state index contributed by atoms with van der Waals surface area (Å²) in [5.41, 5.74) is 0. The highest BCUT2D eigenvalue weighted by Crippen LogP contribution is 2.38. The Balaban J connectivity index is 4.26. The lowest BCUT2D eigenvalue weighted by molar-refractivity contribution is -0.870. The first kappa shape index (κ1) is 58.5. The second-order valence-corrected chi connectivity index (χ2v) is 19.6. The number of rotatable bonds is 46. The second kappa shape index (κ2) is 42.8. The molecule has 0 saturated heterocycles. The monoisotopic (exact) mass is 870 g/mol. The Morgan fingerprint density at radius 1 is 0.500 bits per heavy atom. The number of quaternary nitrogens is 1. The van der Waals surface area contributed by atoms with E-state index < -0.39 is 26.5 Å². The fraction of sp³-hybridized carbons (Fsp3) is 0.880. The smallest absolute Gasteiger partial charge is 0.306 e. The Morgan fingerprint density at radius 3 is 1.25 bits per heavy atom. The third-order valence-corrected chi connectivity index (χ3v) is 11.9. The Kier molecular flexibility index (Phi) is 41.7. The maximum Gasteiger partial charge on any atom is 0.306 e. The Labute approximate surface area is 370 Å². The molecular weight excluding hydrogens is 774 g/mol. The average molecular weight is 870 g/mol. The first-order valence-corrected chi connectivity index (χ1v) is 26.5. The van der Waals surface area contributed by atoms with Crippen LogP contribution in [0.15, 0.2) is 24.3 Å². The third kappa shape index (κ3) is 46.0. The summed E-state index contributed by atoms with van der Waals surface area (Å²) in [6.07, 6.45) is 47.7. The van der Waals surface area contributed by atoms with Gasteiger partial charge in [-0.25, -0.2) is 0 Å². The summed E-state index contributed by atoms with van der Waals surface area (Å²) in [6.45, 7) is 4.24. The second-order valence-electron chi connectivity index (χ2n) is 18.2. The zero-order valence-electron chi connectivity index (χ0n) is 39.9. The fourth-order valence-electron chi connectivity index (χ4n) is 7.00. The molecule has 0 aromatic carbocycles. The molecule has 0 rings (SSSR count). The van der Waals surface area contributed by atoms with Crippen LogP contribution in [0.2, 0.25) is 0 Å². The van der Waals surface area contributed by atoms with Crippen molar-refractivity contribution in [3.63, 3.8) is 0 Å². The van der Waals surface area contributed by atoms with E-state index in [0.29, 0.717) is 17.4 Å². The van der Waals surface area contributed by atoms with Gasteiger partial charge in [0.25, 0.3) is 7.82 Å². The number of unbranched alkanes of at least 4 members (excludes halogenated alkanes) is 28. The summed E-state index contributed by atoms with van der Waals surface area (Å²) >= 11 is 0. The van der Waals surface area contributed by atoms with Crippen LogP contribution in [0.25, 0.3) is 0 Å². The number of allylic oxidation sites excluding steroid dienone is 4. The van der Waals surface area contributed by atoms with Crippen molar-refractivity contribution < 1.29 is 42.1 Å². The average Bonchev–Trinajstić information content (AvgIpc) is 3.20. The molecule has 10 heteroatoms. The van der Waals surface area contributed by atoms with Crippen LogP contribution in [-0.2, 0) is 32.7 Å². The van der Waals surface area contributed by atoms with E-state index in [1.165, 1.54) is 161 Å². The van der Waals surface area contributed by atoms with Crippen LogP contribution in [0.4, 0.5) is 0 Å². The van der Waals surface area contributed by atoms with Gasteiger partial charge in [0.15, 0.2) is 6.10 Å². The largest absolute Gasteiger partial charge is 0.756 e. The van der Waals surface area contributed by atoms with Crippen LogP contribution in [0.1, 0.15) is 232 Å². The number of nitrogens with zero attached hydrogens (tertiary/aromatic N) is 1. The van der Waals surface area contributed by atoms with Gasteiger partial charge in [-0.1, -0.05) is 179 Å². The standard InChI is InChI=1S/C50H96NO8P/c1-6-8-10-12-14-16-18-20-22-24-25-27-29-31-33-35-37-39-41-43-50(53)59-48(47-58-60(54,55)57-45-44-51(3,4)5)46-56-49(52)42-40-38-36-34-32-30-28-26-23-21-19-17-15-13-11-9-7-2/h17,19-20,22,48H,6-16,18,21,23-47H2,1-5H3/b19-17+,22-20+/t48-/m1/s1. The Hall–Kier alpha value is -1.51. The maximum absolute atomic E-state index is 12.7. The number of carbonyl (C=O) groups is 2. The minimum atomic E-state index is -4.63. The van der Waals surface area contributed by atoms with E-state index in [9.17, 15) is 19.0 Å². The number of likely N-dealkylation sites (N-methyl/N-ethyl adjacent to an activating group) is 1. The van der Waals surface area contributed by atoms with E-state index in [-0.39, 0.29) is 32.0 Å². The molecule has 354 valence electrons. The quantitative estimate of drug-likeness (QED) is 0.0195. The van der Waals surface area contributed by atoms with Crippen molar-refractivity contribution in [1.82, 2.24) is 0 Å². The van der Waals surface area contributed by atoms with Gasteiger partial charge in [-0.05, 0) is 64.2 Å². The van der Waals surface area contributed by atoms with E-state index >= 15 is 0 Å². The number of ether oxygens (including phenoxy) is 2. The lowest BCUT2D eigenvalue weighted by atomic mass is 10.1. The van der Waals surface area contributed by atoms with Gasteiger partial charge in [0.05, 0.1) is 27.7 Å². The minimum absolute atomic E-state index is 0.0299. The molecule has 0 aromatic heterocycles. The molecule has 0 N–H and O–H groups in total. The zero-order valence-corrected chi connectivity index (χ0v) is 40.8. The molecule has 0 spiro atoms. The van der Waals surface area contributed by atoms with Crippen LogP contribution >= 0.6 is 7.82 Å². The molecule has 0 radical (unpaired) electrons. The number of hydrogen-bond acceptors (Lipinski definition) is 8. The molecular formula is C50H96NO8P. The molecule has 0 amide bonds. The van der Waals surface area contributed by atoms with E-state index in [2.05, 4.69) is 38.2 Å². The van der Waals surface area contributed by atoms with Crippen molar-refractivity contribution in [3.05, 3.63) is 24.3 Å². The molecule has 0 heterocycles. The van der Waals surface area contributed by atoms with Gasteiger partial charge < -0.3 is 27.9 Å². The molecule has 2 atom stereocenters. The summed E-state index contributed by atoms with van der Waals surface area (Å²) in [4.78, 5) is 37.7. The first-order valence-electron chi connectivity index (χ1n) is 25.0. The zero-order chi connectivity index (χ0) is 44.3. The predicted molar refractivity (Wildman–Crippen MR) is 250 cm³/mol. The Bertz CT molecular complexity index is 1070. The molecule has 0 aliphatic carbocycles. The molecule has 0 aromatic rings. The van der Waals surface area contributed by atoms with Gasteiger partial charge in [0.1, 0.15) is 19.8 Å². The van der Waals surface area contributed by atoms with Crippen molar-refractivity contribution in [2.75, 3.05) is 47.5 Å². The van der Waals surface area contributed by atoms with Gasteiger partial charge >= 0.3 is 11.9 Å². The molecule has 60 heavy (non-hydrogen) atoms.